The molecular formula is C14H14N2OS2. The number of thiazole rings is 1. The van der Waals surface area contributed by atoms with Crippen molar-refractivity contribution in [3.63, 3.8) is 0 Å². The molecule has 0 unspecified atom stereocenters. The van der Waals surface area contributed by atoms with Crippen molar-refractivity contribution in [3.8, 4) is 0 Å². The summed E-state index contributed by atoms with van der Waals surface area (Å²) in [6, 6.07) is 8.23. The van der Waals surface area contributed by atoms with Crippen LogP contribution in [0.1, 0.15) is 19.3 Å². The first-order chi connectivity index (χ1) is 9.35. The molecule has 1 heterocycles. The van der Waals surface area contributed by atoms with Crippen molar-refractivity contribution in [1.29, 1.82) is 0 Å². The van der Waals surface area contributed by atoms with Crippen LogP contribution in [0.15, 0.2) is 33.8 Å². The highest BCUT2D eigenvalue weighted by Gasteiger charge is 2.46. The van der Waals surface area contributed by atoms with Crippen LogP contribution in [-0.2, 0) is 0 Å². The number of benzene rings is 1. The van der Waals surface area contributed by atoms with Gasteiger partial charge >= 0.3 is 0 Å². The Labute approximate surface area is 119 Å². The number of oxime groups is 1. The Kier molecular flexibility index (Phi) is 2.77. The largest absolute Gasteiger partial charge is 0.411 e. The quantitative estimate of drug-likeness (QED) is 0.671. The summed E-state index contributed by atoms with van der Waals surface area (Å²) in [5.41, 5.74) is 2.07. The van der Waals surface area contributed by atoms with Gasteiger partial charge in [0.25, 0.3) is 0 Å². The second-order valence-corrected chi connectivity index (χ2v) is 7.70. The molecule has 3 atom stereocenters. The zero-order chi connectivity index (χ0) is 12.8. The van der Waals surface area contributed by atoms with Gasteiger partial charge in [0.15, 0.2) is 4.34 Å². The van der Waals surface area contributed by atoms with E-state index in [1.165, 1.54) is 24.0 Å². The van der Waals surface area contributed by atoms with Gasteiger partial charge in [-0.2, -0.15) is 0 Å². The average Bonchev–Trinajstić information content (AvgIpc) is 3.11. The van der Waals surface area contributed by atoms with E-state index in [0.29, 0.717) is 17.1 Å². The van der Waals surface area contributed by atoms with E-state index in [1.807, 2.05) is 12.1 Å². The normalized spacial score (nSPS) is 31.6. The lowest BCUT2D eigenvalue weighted by atomic mass is 9.98. The zero-order valence-electron chi connectivity index (χ0n) is 10.3. The van der Waals surface area contributed by atoms with Gasteiger partial charge in [-0.15, -0.1) is 11.3 Å². The summed E-state index contributed by atoms with van der Waals surface area (Å²) >= 11 is 3.53. The van der Waals surface area contributed by atoms with Crippen LogP contribution in [0.3, 0.4) is 0 Å². The fourth-order valence-electron chi connectivity index (χ4n) is 3.34. The van der Waals surface area contributed by atoms with E-state index in [2.05, 4.69) is 22.3 Å². The smallest absolute Gasteiger partial charge is 0.151 e. The van der Waals surface area contributed by atoms with Gasteiger partial charge < -0.3 is 5.21 Å². The maximum atomic E-state index is 9.23. The number of rotatable bonds is 2. The molecule has 1 aromatic carbocycles. The topological polar surface area (TPSA) is 45.5 Å². The molecule has 2 bridgehead atoms. The number of hydrogen-bond donors (Lipinski definition) is 1. The van der Waals surface area contributed by atoms with E-state index in [4.69, 9.17) is 0 Å². The molecule has 0 saturated heterocycles. The van der Waals surface area contributed by atoms with Crippen LogP contribution in [0.5, 0.6) is 0 Å². The Bertz CT molecular complexity index is 619. The van der Waals surface area contributed by atoms with Gasteiger partial charge in [0.2, 0.25) is 0 Å². The molecule has 2 aliphatic carbocycles. The molecule has 3 nitrogen and oxygen atoms in total. The van der Waals surface area contributed by atoms with Crippen LogP contribution in [0.4, 0.5) is 0 Å². The summed E-state index contributed by atoms with van der Waals surface area (Å²) in [5, 5.41) is 13.1. The molecular weight excluding hydrogens is 276 g/mol. The van der Waals surface area contributed by atoms with E-state index < -0.39 is 0 Å². The maximum absolute atomic E-state index is 9.23. The monoisotopic (exact) mass is 290 g/mol. The highest BCUT2D eigenvalue weighted by Crippen LogP contribution is 2.50. The minimum absolute atomic E-state index is 0.337. The molecule has 2 saturated carbocycles. The van der Waals surface area contributed by atoms with Crippen molar-refractivity contribution in [2.45, 2.75) is 28.9 Å². The Balaban J connectivity index is 1.64. The molecule has 0 radical (unpaired) electrons. The van der Waals surface area contributed by atoms with Gasteiger partial charge in [-0.05, 0) is 37.3 Å². The minimum atomic E-state index is 0.337. The van der Waals surface area contributed by atoms with E-state index in [9.17, 15) is 5.21 Å². The molecule has 0 aliphatic heterocycles. The zero-order valence-corrected chi connectivity index (χ0v) is 12.0. The van der Waals surface area contributed by atoms with E-state index in [0.717, 1.165) is 15.6 Å². The summed E-state index contributed by atoms with van der Waals surface area (Å²) in [6.07, 6.45) is 3.66. The van der Waals surface area contributed by atoms with Crippen LogP contribution in [0, 0.1) is 11.8 Å². The standard InChI is InChI=1S/C14H14N2OS2/c17-16-12-8-5-6-9(7-8)13(12)19-14-15-10-3-1-2-4-11(10)18-14/h1-4,8-9,13,17H,5-7H2/b16-12-/t8-,9-,13+/m0/s1. The molecule has 2 aromatic rings. The van der Waals surface area contributed by atoms with Crippen molar-refractivity contribution in [3.05, 3.63) is 24.3 Å². The summed E-state index contributed by atoms with van der Waals surface area (Å²) in [6.45, 7) is 0. The number of aromatic nitrogens is 1. The van der Waals surface area contributed by atoms with Gasteiger partial charge in [-0.25, -0.2) is 4.98 Å². The predicted octanol–water partition coefficient (Wildman–Crippen LogP) is 4.02. The van der Waals surface area contributed by atoms with E-state index >= 15 is 0 Å². The fraction of sp³-hybridized carbons (Fsp3) is 0.429. The lowest BCUT2D eigenvalue weighted by Gasteiger charge is -2.20. The fourth-order valence-corrected chi connectivity index (χ4v) is 5.98. The van der Waals surface area contributed by atoms with Crippen molar-refractivity contribution < 1.29 is 5.21 Å². The Morgan fingerprint density at radius 3 is 3.05 bits per heavy atom. The van der Waals surface area contributed by atoms with Crippen LogP contribution < -0.4 is 0 Å². The third-order valence-corrected chi connectivity index (χ3v) is 6.77. The van der Waals surface area contributed by atoms with Crippen molar-refractivity contribution in [2.75, 3.05) is 0 Å². The van der Waals surface area contributed by atoms with Gasteiger partial charge in [-0.3, -0.25) is 0 Å². The minimum Gasteiger partial charge on any atom is -0.411 e. The molecule has 0 spiro atoms. The lowest BCUT2D eigenvalue weighted by molar-refractivity contribution is 0.314. The van der Waals surface area contributed by atoms with E-state index in [-0.39, 0.29) is 0 Å². The predicted molar refractivity (Wildman–Crippen MR) is 79.3 cm³/mol. The second kappa shape index (κ2) is 4.49. The SMILES string of the molecule is O/N=C1/[C@H]2CC[C@@H](C2)[C@H]1Sc1nc2ccccc2s1. The first-order valence-electron chi connectivity index (χ1n) is 6.59. The molecule has 0 amide bonds. The average molecular weight is 290 g/mol. The Morgan fingerprint density at radius 1 is 1.32 bits per heavy atom. The van der Waals surface area contributed by atoms with Crippen molar-refractivity contribution >= 4 is 39.0 Å². The summed E-state index contributed by atoms with van der Waals surface area (Å²) < 4.78 is 2.33. The van der Waals surface area contributed by atoms with Crippen LogP contribution in [-0.4, -0.2) is 21.2 Å². The first-order valence-corrected chi connectivity index (χ1v) is 8.29. The third kappa shape index (κ3) is 1.87. The third-order valence-electron chi connectivity index (χ3n) is 4.23. The molecule has 98 valence electrons. The molecule has 19 heavy (non-hydrogen) atoms. The summed E-state index contributed by atoms with van der Waals surface area (Å²) in [4.78, 5) is 4.67. The van der Waals surface area contributed by atoms with Crippen molar-refractivity contribution in [2.24, 2.45) is 17.0 Å². The lowest BCUT2D eigenvalue weighted by Crippen LogP contribution is -2.24. The number of para-hydroxylation sites is 1. The molecule has 1 aromatic heterocycles. The molecule has 1 N–H and O–H groups in total. The second-order valence-electron chi connectivity index (χ2n) is 5.28. The molecule has 2 fully saturated rings. The first kappa shape index (κ1) is 11.7. The van der Waals surface area contributed by atoms with Gasteiger partial charge in [-0.1, -0.05) is 29.1 Å². The number of fused-ring (bicyclic) bond motifs is 3. The number of hydrogen-bond acceptors (Lipinski definition) is 5. The molecule has 5 heteroatoms. The highest BCUT2D eigenvalue weighted by molar-refractivity contribution is 8.02. The molecule has 4 rings (SSSR count). The van der Waals surface area contributed by atoms with Crippen molar-refractivity contribution in [1.82, 2.24) is 4.98 Å². The van der Waals surface area contributed by atoms with Gasteiger partial charge in [0, 0.05) is 5.92 Å². The van der Waals surface area contributed by atoms with Crippen LogP contribution in [0.25, 0.3) is 10.2 Å². The van der Waals surface area contributed by atoms with Crippen LogP contribution >= 0.6 is 23.1 Å². The van der Waals surface area contributed by atoms with E-state index in [1.54, 1.807) is 23.1 Å². The molecule has 2 aliphatic rings. The number of thioether (sulfide) groups is 1. The Hall–Kier alpha value is -1.07. The highest BCUT2D eigenvalue weighted by atomic mass is 32.2. The van der Waals surface area contributed by atoms with Gasteiger partial charge in [0.05, 0.1) is 21.2 Å². The van der Waals surface area contributed by atoms with Crippen LogP contribution in [0.2, 0.25) is 0 Å². The van der Waals surface area contributed by atoms with Gasteiger partial charge in [0.1, 0.15) is 0 Å². The Morgan fingerprint density at radius 2 is 2.21 bits per heavy atom. The summed E-state index contributed by atoms with van der Waals surface area (Å²) in [7, 11) is 0. The summed E-state index contributed by atoms with van der Waals surface area (Å²) in [5.74, 6) is 1.19. The number of nitrogens with zero attached hydrogens (tertiary/aromatic N) is 2. The maximum Gasteiger partial charge on any atom is 0.151 e.